The first-order valence-corrected chi connectivity index (χ1v) is 7.31. The maximum Gasteiger partial charge on any atom is 0.329 e. The van der Waals surface area contributed by atoms with Crippen molar-refractivity contribution in [2.75, 3.05) is 4.90 Å². The van der Waals surface area contributed by atoms with Gasteiger partial charge >= 0.3 is 6.03 Å². The van der Waals surface area contributed by atoms with E-state index in [-0.39, 0.29) is 17.5 Å². The van der Waals surface area contributed by atoms with Crippen molar-refractivity contribution in [1.29, 1.82) is 0 Å². The van der Waals surface area contributed by atoms with E-state index in [1.54, 1.807) is 0 Å². The Balaban J connectivity index is 1.83. The zero-order valence-electron chi connectivity index (χ0n) is 11.8. The third-order valence-corrected chi connectivity index (χ3v) is 4.42. The van der Waals surface area contributed by atoms with Gasteiger partial charge in [0.25, 0.3) is 0 Å². The van der Waals surface area contributed by atoms with E-state index in [1.807, 2.05) is 31.2 Å². The van der Waals surface area contributed by atoms with Gasteiger partial charge in [0.15, 0.2) is 0 Å². The van der Waals surface area contributed by atoms with Crippen molar-refractivity contribution in [1.82, 2.24) is 5.32 Å². The third-order valence-electron chi connectivity index (χ3n) is 4.42. The summed E-state index contributed by atoms with van der Waals surface area (Å²) in [5, 5.41) is 3.09. The van der Waals surface area contributed by atoms with Crippen LogP contribution in [0.4, 0.5) is 10.5 Å². The summed E-state index contributed by atoms with van der Waals surface area (Å²) in [6, 6.07) is 7.21. The van der Waals surface area contributed by atoms with Crippen molar-refractivity contribution in [3.8, 4) is 0 Å². The molecule has 1 aliphatic carbocycles. The molecule has 1 heterocycles. The molecular weight excluding hydrogens is 252 g/mol. The van der Waals surface area contributed by atoms with Crippen LogP contribution in [0.15, 0.2) is 24.3 Å². The SMILES string of the molecule is Cc1ccc(N2C(=O)CC3(CCCCC3)NC2=O)cc1. The lowest BCUT2D eigenvalue weighted by molar-refractivity contribution is -0.120. The average Bonchev–Trinajstić information content (AvgIpc) is 2.41. The van der Waals surface area contributed by atoms with Crippen LogP contribution >= 0.6 is 0 Å². The number of nitrogens with zero attached hydrogens (tertiary/aromatic N) is 1. The normalized spacial score (nSPS) is 21.9. The maximum atomic E-state index is 12.4. The molecule has 1 spiro atoms. The second kappa shape index (κ2) is 4.93. The van der Waals surface area contributed by atoms with E-state index in [9.17, 15) is 9.59 Å². The second-order valence-electron chi connectivity index (χ2n) is 6.01. The maximum absolute atomic E-state index is 12.4. The van der Waals surface area contributed by atoms with E-state index >= 15 is 0 Å². The van der Waals surface area contributed by atoms with Gasteiger partial charge in [-0.05, 0) is 31.9 Å². The number of urea groups is 1. The summed E-state index contributed by atoms with van der Waals surface area (Å²) in [6.45, 7) is 1.99. The molecule has 0 aromatic heterocycles. The molecule has 2 aliphatic rings. The Labute approximate surface area is 119 Å². The first-order valence-electron chi connectivity index (χ1n) is 7.31. The van der Waals surface area contributed by atoms with Crippen LogP contribution in [0.25, 0.3) is 0 Å². The van der Waals surface area contributed by atoms with E-state index < -0.39 is 0 Å². The van der Waals surface area contributed by atoms with Crippen LogP contribution in [0, 0.1) is 6.92 Å². The van der Waals surface area contributed by atoms with Crippen molar-refractivity contribution >= 4 is 17.6 Å². The highest BCUT2D eigenvalue weighted by atomic mass is 16.2. The second-order valence-corrected chi connectivity index (χ2v) is 6.01. The van der Waals surface area contributed by atoms with Gasteiger partial charge < -0.3 is 5.32 Å². The number of hydrogen-bond acceptors (Lipinski definition) is 2. The van der Waals surface area contributed by atoms with Gasteiger partial charge in [0, 0.05) is 0 Å². The zero-order chi connectivity index (χ0) is 14.2. The van der Waals surface area contributed by atoms with Gasteiger partial charge in [0.2, 0.25) is 5.91 Å². The molecule has 0 bridgehead atoms. The van der Waals surface area contributed by atoms with Gasteiger partial charge in [-0.3, -0.25) is 4.79 Å². The van der Waals surface area contributed by atoms with Crippen LogP contribution in [-0.4, -0.2) is 17.5 Å². The Kier molecular flexibility index (Phi) is 3.24. The van der Waals surface area contributed by atoms with Crippen molar-refractivity contribution in [3.05, 3.63) is 29.8 Å². The smallest absolute Gasteiger partial charge is 0.329 e. The minimum absolute atomic E-state index is 0.0838. The topological polar surface area (TPSA) is 49.4 Å². The number of imide groups is 1. The number of hydrogen-bond donors (Lipinski definition) is 1. The number of rotatable bonds is 1. The standard InChI is InChI=1S/C16H20N2O2/c1-12-5-7-13(8-6-12)18-14(19)11-16(17-15(18)20)9-3-2-4-10-16/h5-8H,2-4,9-11H2,1H3,(H,17,20). The number of benzene rings is 1. The first-order chi connectivity index (χ1) is 9.60. The predicted molar refractivity (Wildman–Crippen MR) is 77.6 cm³/mol. The van der Waals surface area contributed by atoms with Gasteiger partial charge in [0.1, 0.15) is 0 Å². The summed E-state index contributed by atoms with van der Waals surface area (Å²) in [5.41, 5.74) is 1.49. The van der Waals surface area contributed by atoms with Gasteiger partial charge in [-0.1, -0.05) is 37.0 Å². The van der Waals surface area contributed by atoms with E-state index in [0.29, 0.717) is 12.1 Å². The fraction of sp³-hybridized carbons (Fsp3) is 0.500. The number of nitrogens with one attached hydrogen (secondary N) is 1. The minimum atomic E-state index is -0.284. The molecule has 0 radical (unpaired) electrons. The largest absolute Gasteiger partial charge is 0.331 e. The average molecular weight is 272 g/mol. The molecule has 4 heteroatoms. The summed E-state index contributed by atoms with van der Waals surface area (Å²) in [5.74, 6) is -0.0838. The Bertz CT molecular complexity index is 510. The molecule has 1 saturated carbocycles. The van der Waals surface area contributed by atoms with Gasteiger partial charge in [-0.25, -0.2) is 9.69 Å². The summed E-state index contributed by atoms with van der Waals surface area (Å²) >= 11 is 0. The first kappa shape index (κ1) is 13.2. The molecule has 0 atom stereocenters. The molecular formula is C16H20N2O2. The number of amides is 3. The predicted octanol–water partition coefficient (Wildman–Crippen LogP) is 3.14. The van der Waals surface area contributed by atoms with Crippen LogP contribution in [0.5, 0.6) is 0 Å². The molecule has 4 nitrogen and oxygen atoms in total. The lowest BCUT2D eigenvalue weighted by atomic mass is 9.78. The summed E-state index contributed by atoms with van der Waals surface area (Å²) < 4.78 is 0. The monoisotopic (exact) mass is 272 g/mol. The summed E-state index contributed by atoms with van der Waals surface area (Å²) in [7, 11) is 0. The highest BCUT2D eigenvalue weighted by molar-refractivity contribution is 6.16. The van der Waals surface area contributed by atoms with Gasteiger partial charge in [-0.15, -0.1) is 0 Å². The number of carbonyl (C=O) groups excluding carboxylic acids is 2. The van der Waals surface area contributed by atoms with Crippen LogP contribution in [0.1, 0.15) is 44.1 Å². The molecule has 1 aromatic carbocycles. The van der Waals surface area contributed by atoms with E-state index in [2.05, 4.69) is 5.32 Å². The molecule has 20 heavy (non-hydrogen) atoms. The highest BCUT2D eigenvalue weighted by Crippen LogP contribution is 2.35. The van der Waals surface area contributed by atoms with Crippen molar-refractivity contribution < 1.29 is 9.59 Å². The van der Waals surface area contributed by atoms with Gasteiger partial charge in [0.05, 0.1) is 17.6 Å². The quantitative estimate of drug-likeness (QED) is 0.853. The third kappa shape index (κ3) is 2.30. The molecule has 1 aliphatic heterocycles. The highest BCUT2D eigenvalue weighted by Gasteiger charge is 2.43. The molecule has 3 rings (SSSR count). The molecule has 1 saturated heterocycles. The number of anilines is 1. The molecule has 1 N–H and O–H groups in total. The Morgan fingerprint density at radius 2 is 1.70 bits per heavy atom. The van der Waals surface area contributed by atoms with Crippen molar-refractivity contribution in [2.24, 2.45) is 0 Å². The molecule has 106 valence electrons. The van der Waals surface area contributed by atoms with E-state index in [0.717, 1.165) is 31.2 Å². The van der Waals surface area contributed by atoms with Crippen molar-refractivity contribution in [3.63, 3.8) is 0 Å². The fourth-order valence-electron chi connectivity index (χ4n) is 3.29. The fourth-order valence-corrected chi connectivity index (χ4v) is 3.29. The molecule has 0 unspecified atom stereocenters. The molecule has 1 aromatic rings. The van der Waals surface area contributed by atoms with Crippen LogP contribution < -0.4 is 10.2 Å². The van der Waals surface area contributed by atoms with Crippen LogP contribution in [0.3, 0.4) is 0 Å². The van der Waals surface area contributed by atoms with E-state index in [1.165, 1.54) is 11.3 Å². The Hall–Kier alpha value is -1.84. The summed E-state index contributed by atoms with van der Waals surface area (Å²) in [6.07, 6.45) is 5.66. The zero-order valence-corrected chi connectivity index (χ0v) is 11.8. The van der Waals surface area contributed by atoms with E-state index in [4.69, 9.17) is 0 Å². The van der Waals surface area contributed by atoms with Crippen LogP contribution in [-0.2, 0) is 4.79 Å². The number of carbonyl (C=O) groups is 2. The Morgan fingerprint density at radius 1 is 1.05 bits per heavy atom. The number of aryl methyl sites for hydroxylation is 1. The molecule has 3 amide bonds. The van der Waals surface area contributed by atoms with Crippen LogP contribution in [0.2, 0.25) is 0 Å². The minimum Gasteiger partial charge on any atom is -0.331 e. The lowest BCUT2D eigenvalue weighted by Gasteiger charge is -2.43. The summed E-state index contributed by atoms with van der Waals surface area (Å²) in [4.78, 5) is 26.1. The van der Waals surface area contributed by atoms with Crippen molar-refractivity contribution in [2.45, 2.75) is 51.0 Å². The lowest BCUT2D eigenvalue weighted by Crippen LogP contribution is -2.62. The Morgan fingerprint density at radius 3 is 2.30 bits per heavy atom. The molecule has 2 fully saturated rings. The van der Waals surface area contributed by atoms with Gasteiger partial charge in [-0.2, -0.15) is 0 Å².